The van der Waals surface area contributed by atoms with Crippen molar-refractivity contribution in [3.63, 3.8) is 0 Å². The fourth-order valence-corrected chi connectivity index (χ4v) is 6.09. The number of amides is 2. The summed E-state index contributed by atoms with van der Waals surface area (Å²) in [6.45, 7) is 10.3. The third-order valence-electron chi connectivity index (χ3n) is 8.87. The predicted molar refractivity (Wildman–Crippen MR) is 151 cm³/mol. The van der Waals surface area contributed by atoms with Gasteiger partial charge in [-0.1, -0.05) is 72.1 Å². The lowest BCUT2D eigenvalue weighted by atomic mass is 9.65. The van der Waals surface area contributed by atoms with Crippen molar-refractivity contribution in [1.29, 1.82) is 0 Å². The summed E-state index contributed by atoms with van der Waals surface area (Å²) in [7, 11) is 0. The summed E-state index contributed by atoms with van der Waals surface area (Å²) in [6.07, 6.45) is 14.1. The molecule has 8 nitrogen and oxygen atoms in total. The van der Waals surface area contributed by atoms with E-state index < -0.39 is 17.3 Å². The van der Waals surface area contributed by atoms with Gasteiger partial charge in [0.2, 0.25) is 11.8 Å². The second-order valence-corrected chi connectivity index (χ2v) is 13.3. The Labute approximate surface area is 236 Å². The Kier molecular flexibility index (Phi) is 11.7. The van der Waals surface area contributed by atoms with Crippen molar-refractivity contribution < 1.29 is 28.6 Å². The Balaban J connectivity index is 1.43. The zero-order chi connectivity index (χ0) is 28.5. The van der Waals surface area contributed by atoms with E-state index in [1.807, 2.05) is 13.8 Å². The number of carbonyl (C=O) groups excluding carboxylic acids is 3. The highest BCUT2D eigenvalue weighted by molar-refractivity contribution is 5.84. The van der Waals surface area contributed by atoms with Crippen LogP contribution in [0, 0.1) is 10.8 Å². The van der Waals surface area contributed by atoms with Crippen LogP contribution < -0.4 is 10.6 Å². The third kappa shape index (κ3) is 9.17. The molecule has 1 unspecified atom stereocenters. The van der Waals surface area contributed by atoms with E-state index in [0.29, 0.717) is 6.61 Å². The van der Waals surface area contributed by atoms with E-state index in [2.05, 4.69) is 17.6 Å². The monoisotopic (exact) mass is 550 g/mol. The lowest BCUT2D eigenvalue weighted by molar-refractivity contribution is -0.304. The highest BCUT2D eigenvalue weighted by atomic mass is 16.7. The zero-order valence-corrected chi connectivity index (χ0v) is 25.2. The fourth-order valence-electron chi connectivity index (χ4n) is 6.09. The molecule has 2 aliphatic carbocycles. The summed E-state index contributed by atoms with van der Waals surface area (Å²) in [5.41, 5.74) is -0.698. The number of ether oxygens (including phenoxy) is 3. The molecule has 2 N–H and O–H groups in total. The maximum Gasteiger partial charge on any atom is 0.307 e. The van der Waals surface area contributed by atoms with Gasteiger partial charge in [0.1, 0.15) is 12.2 Å². The Morgan fingerprint density at radius 1 is 0.923 bits per heavy atom. The van der Waals surface area contributed by atoms with Crippen LogP contribution in [0.5, 0.6) is 0 Å². The number of hydrogen-bond donors (Lipinski definition) is 2. The molecule has 0 aromatic rings. The number of nitrogens with one attached hydrogen (secondary N) is 2. The van der Waals surface area contributed by atoms with Crippen LogP contribution in [-0.4, -0.2) is 55.0 Å². The van der Waals surface area contributed by atoms with Crippen LogP contribution in [0.3, 0.4) is 0 Å². The first-order valence-corrected chi connectivity index (χ1v) is 15.6. The zero-order valence-electron chi connectivity index (χ0n) is 25.2. The maximum absolute atomic E-state index is 13.4. The SMILES string of the molecule is CCCCCCCCC1(C(=O)N[C@H]2CCCC[C@@H]2OC(=O)CCNC(=O)C2OC(C)(C)OCC2(C)C)CCC1. The molecular formula is C31H54N2O6. The van der Waals surface area contributed by atoms with Gasteiger partial charge in [-0.05, 0) is 52.4 Å². The Bertz CT molecular complexity index is 822. The number of esters is 1. The lowest BCUT2D eigenvalue weighted by Gasteiger charge is -2.44. The number of hydrogen-bond acceptors (Lipinski definition) is 6. The smallest absolute Gasteiger partial charge is 0.307 e. The molecule has 0 radical (unpaired) electrons. The van der Waals surface area contributed by atoms with Crippen molar-refractivity contribution in [2.45, 2.75) is 155 Å². The molecule has 2 saturated carbocycles. The predicted octanol–water partition coefficient (Wildman–Crippen LogP) is 5.56. The van der Waals surface area contributed by atoms with E-state index in [1.165, 1.54) is 32.1 Å². The lowest BCUT2D eigenvalue weighted by Crippen LogP contribution is -2.56. The quantitative estimate of drug-likeness (QED) is 0.217. The largest absolute Gasteiger partial charge is 0.460 e. The van der Waals surface area contributed by atoms with Crippen LogP contribution in [0.4, 0.5) is 0 Å². The molecule has 3 rings (SSSR count). The summed E-state index contributed by atoms with van der Waals surface area (Å²) < 4.78 is 17.4. The van der Waals surface area contributed by atoms with Crippen molar-refractivity contribution in [1.82, 2.24) is 10.6 Å². The van der Waals surface area contributed by atoms with Gasteiger partial charge < -0.3 is 24.8 Å². The molecule has 0 bridgehead atoms. The molecule has 3 fully saturated rings. The molecule has 2 amide bonds. The second kappa shape index (κ2) is 14.3. The van der Waals surface area contributed by atoms with Crippen LogP contribution >= 0.6 is 0 Å². The van der Waals surface area contributed by atoms with Crippen LogP contribution in [0.2, 0.25) is 0 Å². The number of rotatable bonds is 14. The van der Waals surface area contributed by atoms with E-state index in [4.69, 9.17) is 14.2 Å². The highest BCUT2D eigenvalue weighted by Gasteiger charge is 2.46. The van der Waals surface area contributed by atoms with Gasteiger partial charge in [-0.2, -0.15) is 0 Å². The Morgan fingerprint density at radius 2 is 1.62 bits per heavy atom. The molecule has 8 heteroatoms. The fraction of sp³-hybridized carbons (Fsp3) is 0.903. The molecule has 39 heavy (non-hydrogen) atoms. The molecule has 1 saturated heterocycles. The third-order valence-corrected chi connectivity index (χ3v) is 8.87. The van der Waals surface area contributed by atoms with Gasteiger partial charge in [-0.15, -0.1) is 0 Å². The second-order valence-electron chi connectivity index (χ2n) is 13.3. The highest BCUT2D eigenvalue weighted by Crippen LogP contribution is 2.46. The van der Waals surface area contributed by atoms with Crippen LogP contribution in [0.1, 0.15) is 131 Å². The van der Waals surface area contributed by atoms with Gasteiger partial charge in [0.15, 0.2) is 5.79 Å². The van der Waals surface area contributed by atoms with E-state index in [-0.39, 0.29) is 48.3 Å². The molecule has 3 atom stereocenters. The van der Waals surface area contributed by atoms with E-state index in [1.54, 1.807) is 13.8 Å². The Morgan fingerprint density at radius 3 is 2.31 bits per heavy atom. The molecule has 0 spiro atoms. The molecule has 224 valence electrons. The first-order chi connectivity index (χ1) is 18.5. The first kappa shape index (κ1) is 31.9. The van der Waals surface area contributed by atoms with Crippen molar-refractivity contribution in [3.05, 3.63) is 0 Å². The van der Waals surface area contributed by atoms with E-state index >= 15 is 0 Å². The van der Waals surface area contributed by atoms with Crippen LogP contribution in [0.25, 0.3) is 0 Å². The van der Waals surface area contributed by atoms with Gasteiger partial charge >= 0.3 is 5.97 Å². The number of unbranched alkanes of at least 4 members (excludes halogenated alkanes) is 5. The normalized spacial score (nSPS) is 27.2. The minimum absolute atomic E-state index is 0.0813. The maximum atomic E-state index is 13.4. The van der Waals surface area contributed by atoms with Gasteiger partial charge in [0.25, 0.3) is 0 Å². The minimum atomic E-state index is -0.830. The van der Waals surface area contributed by atoms with Crippen LogP contribution in [0.15, 0.2) is 0 Å². The Hall–Kier alpha value is -1.67. The van der Waals surface area contributed by atoms with Gasteiger partial charge in [-0.3, -0.25) is 14.4 Å². The summed E-state index contributed by atoms with van der Waals surface area (Å²) in [5, 5.41) is 6.14. The number of carbonyl (C=O) groups is 3. The minimum Gasteiger partial charge on any atom is -0.460 e. The summed E-state index contributed by atoms with van der Waals surface area (Å²) in [4.78, 5) is 38.9. The first-order valence-electron chi connectivity index (χ1n) is 15.6. The standard InChI is InChI=1S/C31H54N2O6/c1-6-7-8-9-10-13-18-31(19-14-20-31)28(36)33-23-15-11-12-16-24(23)38-25(34)17-21-32-27(35)26-29(2,3)22-37-30(4,5)39-26/h23-24,26H,6-22H2,1-5H3,(H,32,35)(H,33,36)/t23-,24-,26?/m0/s1. The van der Waals surface area contributed by atoms with Crippen molar-refractivity contribution in [2.75, 3.05) is 13.2 Å². The topological polar surface area (TPSA) is 103 Å². The summed E-state index contributed by atoms with van der Waals surface area (Å²) >= 11 is 0. The van der Waals surface area contributed by atoms with Crippen LogP contribution in [-0.2, 0) is 28.6 Å². The molecule has 3 aliphatic rings. The molecule has 1 heterocycles. The molecular weight excluding hydrogens is 496 g/mol. The van der Waals surface area contributed by atoms with Crippen molar-refractivity contribution in [3.8, 4) is 0 Å². The average Bonchev–Trinajstić information content (AvgIpc) is 2.85. The van der Waals surface area contributed by atoms with Crippen molar-refractivity contribution in [2.24, 2.45) is 10.8 Å². The summed E-state index contributed by atoms with van der Waals surface area (Å²) in [5.74, 6) is -1.27. The van der Waals surface area contributed by atoms with E-state index in [9.17, 15) is 14.4 Å². The van der Waals surface area contributed by atoms with Gasteiger partial charge in [-0.25, -0.2) is 0 Å². The van der Waals surface area contributed by atoms with Crippen molar-refractivity contribution >= 4 is 17.8 Å². The molecule has 0 aromatic carbocycles. The molecule has 1 aliphatic heterocycles. The summed E-state index contributed by atoms with van der Waals surface area (Å²) in [6, 6.07) is -0.134. The van der Waals surface area contributed by atoms with E-state index in [0.717, 1.165) is 57.8 Å². The van der Waals surface area contributed by atoms with Gasteiger partial charge in [0.05, 0.1) is 19.1 Å². The molecule has 0 aromatic heterocycles. The average molecular weight is 551 g/mol. The van der Waals surface area contributed by atoms with Gasteiger partial charge in [0, 0.05) is 17.4 Å².